The molecule has 0 saturated carbocycles. The van der Waals surface area contributed by atoms with Gasteiger partial charge < -0.3 is 4.74 Å². The minimum atomic E-state index is 0.338. The Bertz CT molecular complexity index is 578. The van der Waals surface area contributed by atoms with Crippen LogP contribution in [0.15, 0.2) is 24.4 Å². The zero-order valence-electron chi connectivity index (χ0n) is 7.97. The fourth-order valence-corrected chi connectivity index (χ4v) is 1.54. The third-order valence-corrected chi connectivity index (χ3v) is 2.38. The highest BCUT2D eigenvalue weighted by Crippen LogP contribution is 2.27. The number of nitriles is 2. The van der Waals surface area contributed by atoms with Crippen molar-refractivity contribution in [3.8, 4) is 23.1 Å². The van der Waals surface area contributed by atoms with E-state index in [1.54, 1.807) is 12.1 Å². The van der Waals surface area contributed by atoms with E-state index in [0.29, 0.717) is 22.1 Å². The zero-order chi connectivity index (χ0) is 11.4. The summed E-state index contributed by atoms with van der Waals surface area (Å²) in [6.07, 6.45) is 1.49. The Morgan fingerprint density at radius 1 is 1.31 bits per heavy atom. The van der Waals surface area contributed by atoms with Crippen LogP contribution >= 0.6 is 11.3 Å². The lowest BCUT2D eigenvalue weighted by atomic mass is 10.1. The molecule has 0 aliphatic heterocycles. The largest absolute Gasteiger partial charge is 0.429 e. The van der Waals surface area contributed by atoms with Crippen LogP contribution in [0.3, 0.4) is 0 Å². The SMILES string of the molecule is N#Cc1ccc(C#N)c(Oc2nc[c]s2)c1. The normalized spacial score (nSPS) is 9.12. The van der Waals surface area contributed by atoms with Gasteiger partial charge in [-0.15, -0.1) is 0 Å². The molecule has 1 heterocycles. The van der Waals surface area contributed by atoms with Gasteiger partial charge in [0.2, 0.25) is 0 Å². The lowest BCUT2D eigenvalue weighted by Gasteiger charge is -2.03. The second-order valence-corrected chi connectivity index (χ2v) is 3.57. The van der Waals surface area contributed by atoms with Gasteiger partial charge in [-0.1, -0.05) is 11.3 Å². The maximum atomic E-state index is 8.87. The van der Waals surface area contributed by atoms with Crippen LogP contribution in [0, 0.1) is 28.0 Å². The van der Waals surface area contributed by atoms with E-state index in [0.717, 1.165) is 0 Å². The van der Waals surface area contributed by atoms with Crippen molar-refractivity contribution in [3.05, 3.63) is 40.9 Å². The van der Waals surface area contributed by atoms with Crippen molar-refractivity contribution in [2.24, 2.45) is 0 Å². The molecule has 2 rings (SSSR count). The monoisotopic (exact) mass is 226 g/mol. The number of thiazole rings is 1. The van der Waals surface area contributed by atoms with Crippen LogP contribution in [0.1, 0.15) is 11.1 Å². The molecule has 5 heteroatoms. The highest BCUT2D eigenvalue weighted by molar-refractivity contribution is 7.10. The molecule has 1 radical (unpaired) electrons. The van der Waals surface area contributed by atoms with Crippen molar-refractivity contribution in [3.63, 3.8) is 0 Å². The second kappa shape index (κ2) is 4.43. The summed E-state index contributed by atoms with van der Waals surface area (Å²) in [5.74, 6) is 0.338. The van der Waals surface area contributed by atoms with E-state index in [1.165, 1.54) is 23.6 Å². The molecule has 0 amide bonds. The maximum absolute atomic E-state index is 8.87. The van der Waals surface area contributed by atoms with Gasteiger partial charge in [-0.05, 0) is 12.1 Å². The number of ether oxygens (including phenoxy) is 1. The number of hydrogen-bond acceptors (Lipinski definition) is 5. The summed E-state index contributed by atoms with van der Waals surface area (Å²) in [4.78, 5) is 3.89. The van der Waals surface area contributed by atoms with E-state index < -0.39 is 0 Å². The summed E-state index contributed by atoms with van der Waals surface area (Å²) in [5, 5.41) is 20.8. The number of benzene rings is 1. The van der Waals surface area contributed by atoms with Crippen molar-refractivity contribution in [1.29, 1.82) is 10.5 Å². The van der Waals surface area contributed by atoms with Crippen molar-refractivity contribution in [2.75, 3.05) is 0 Å². The standard InChI is InChI=1S/C11H4N3OS/c12-6-8-1-2-9(7-13)10(5-8)15-11-14-3-4-16-11/h1-3,5H. The Kier molecular flexibility index (Phi) is 2.81. The molecule has 0 fully saturated rings. The minimum Gasteiger partial charge on any atom is -0.429 e. The van der Waals surface area contributed by atoms with Crippen LogP contribution in [0.4, 0.5) is 0 Å². The van der Waals surface area contributed by atoms with E-state index in [2.05, 4.69) is 10.4 Å². The number of nitrogens with zero attached hydrogens (tertiary/aromatic N) is 3. The minimum absolute atomic E-state index is 0.338. The van der Waals surface area contributed by atoms with E-state index in [9.17, 15) is 0 Å². The van der Waals surface area contributed by atoms with Gasteiger partial charge in [-0.2, -0.15) is 10.5 Å². The molecular weight excluding hydrogens is 222 g/mol. The molecular formula is C11H4N3OS. The Balaban J connectivity index is 2.39. The van der Waals surface area contributed by atoms with Crippen LogP contribution in [-0.2, 0) is 0 Å². The topological polar surface area (TPSA) is 69.7 Å². The smallest absolute Gasteiger partial charge is 0.279 e. The van der Waals surface area contributed by atoms with Gasteiger partial charge in [0.25, 0.3) is 5.19 Å². The van der Waals surface area contributed by atoms with Gasteiger partial charge in [-0.25, -0.2) is 4.98 Å². The summed E-state index contributed by atoms with van der Waals surface area (Å²) in [6.45, 7) is 0. The van der Waals surface area contributed by atoms with Crippen LogP contribution in [0.2, 0.25) is 0 Å². The molecule has 16 heavy (non-hydrogen) atoms. The molecule has 1 aromatic heterocycles. The van der Waals surface area contributed by atoms with Crippen LogP contribution in [0.5, 0.6) is 10.9 Å². The van der Waals surface area contributed by atoms with Crippen molar-refractivity contribution in [1.82, 2.24) is 4.98 Å². The Hall–Kier alpha value is -2.37. The molecule has 0 saturated heterocycles. The van der Waals surface area contributed by atoms with Crippen LogP contribution < -0.4 is 4.74 Å². The highest BCUT2D eigenvalue weighted by Gasteiger charge is 2.07. The first-order chi connectivity index (χ1) is 7.83. The quantitative estimate of drug-likeness (QED) is 0.788. The fraction of sp³-hybridized carbons (Fsp3) is 0. The molecule has 75 valence electrons. The molecule has 1 aromatic carbocycles. The third-order valence-electron chi connectivity index (χ3n) is 1.80. The van der Waals surface area contributed by atoms with Gasteiger partial charge in [0, 0.05) is 6.07 Å². The molecule has 0 N–H and O–H groups in total. The molecule has 0 unspecified atom stereocenters. The van der Waals surface area contributed by atoms with E-state index in [1.807, 2.05) is 12.1 Å². The summed E-state index contributed by atoms with van der Waals surface area (Å²) >= 11 is 1.20. The van der Waals surface area contributed by atoms with E-state index in [-0.39, 0.29) is 0 Å². The molecule has 0 aliphatic rings. The predicted molar refractivity (Wildman–Crippen MR) is 56.9 cm³/mol. The molecule has 0 atom stereocenters. The average Bonchev–Trinajstić information content (AvgIpc) is 2.82. The Morgan fingerprint density at radius 2 is 2.19 bits per heavy atom. The van der Waals surface area contributed by atoms with Gasteiger partial charge in [-0.3, -0.25) is 0 Å². The summed E-state index contributed by atoms with van der Waals surface area (Å²) in [5.41, 5.74) is 0.809. The van der Waals surface area contributed by atoms with E-state index >= 15 is 0 Å². The van der Waals surface area contributed by atoms with Crippen molar-refractivity contribution >= 4 is 11.3 Å². The van der Waals surface area contributed by atoms with E-state index in [4.69, 9.17) is 15.3 Å². The number of aromatic nitrogens is 1. The molecule has 4 nitrogen and oxygen atoms in total. The van der Waals surface area contributed by atoms with Gasteiger partial charge >= 0.3 is 0 Å². The number of hydrogen-bond donors (Lipinski definition) is 0. The first-order valence-electron chi connectivity index (χ1n) is 4.27. The van der Waals surface area contributed by atoms with Crippen LogP contribution in [-0.4, -0.2) is 4.98 Å². The first kappa shape index (κ1) is 10.2. The van der Waals surface area contributed by atoms with Gasteiger partial charge in [0.1, 0.15) is 11.8 Å². The summed E-state index contributed by atoms with van der Waals surface area (Å²) in [7, 11) is 0. The van der Waals surface area contributed by atoms with Crippen LogP contribution in [0.25, 0.3) is 0 Å². The Morgan fingerprint density at radius 3 is 2.81 bits per heavy atom. The molecule has 0 spiro atoms. The molecule has 2 aromatic rings. The van der Waals surface area contributed by atoms with Crippen molar-refractivity contribution in [2.45, 2.75) is 0 Å². The molecule has 0 bridgehead atoms. The average molecular weight is 226 g/mol. The van der Waals surface area contributed by atoms with Crippen molar-refractivity contribution < 1.29 is 4.74 Å². The lowest BCUT2D eigenvalue weighted by molar-refractivity contribution is 0.477. The fourth-order valence-electron chi connectivity index (χ4n) is 1.09. The van der Waals surface area contributed by atoms with Gasteiger partial charge in [0.05, 0.1) is 28.8 Å². The zero-order valence-corrected chi connectivity index (χ0v) is 8.78. The van der Waals surface area contributed by atoms with Gasteiger partial charge in [0.15, 0.2) is 0 Å². The Labute approximate surface area is 96.0 Å². The summed E-state index contributed by atoms with van der Waals surface area (Å²) < 4.78 is 5.39. The number of rotatable bonds is 2. The predicted octanol–water partition coefficient (Wildman–Crippen LogP) is 2.48. The lowest BCUT2D eigenvalue weighted by Crippen LogP contribution is -1.88. The summed E-state index contributed by atoms with van der Waals surface area (Å²) in [6, 6.07) is 8.61. The second-order valence-electron chi connectivity index (χ2n) is 2.78. The molecule has 0 aliphatic carbocycles. The third kappa shape index (κ3) is 2.00. The highest BCUT2D eigenvalue weighted by atomic mass is 32.1. The first-order valence-corrected chi connectivity index (χ1v) is 5.09. The maximum Gasteiger partial charge on any atom is 0.279 e.